The molecule has 4 nitrogen and oxygen atoms in total. The Morgan fingerprint density at radius 1 is 0.931 bits per heavy atom. The van der Waals surface area contributed by atoms with Crippen LogP contribution >= 0.6 is 7.60 Å². The first-order valence-electron chi connectivity index (χ1n) is 10.4. The first-order chi connectivity index (χ1) is 14.1. The normalized spacial score (nSPS) is 13.7. The first kappa shape index (κ1) is 23.6. The molecule has 0 saturated carbocycles. The summed E-state index contributed by atoms with van der Waals surface area (Å²) in [6.45, 7) is 8.87. The van der Waals surface area contributed by atoms with E-state index in [1.165, 1.54) is 5.56 Å². The average molecular weight is 416 g/mol. The van der Waals surface area contributed by atoms with Gasteiger partial charge in [-0.05, 0) is 50.7 Å². The van der Waals surface area contributed by atoms with Crippen molar-refractivity contribution in [1.82, 2.24) is 5.32 Å². The average Bonchev–Trinajstić information content (AvgIpc) is 2.75. The topological polar surface area (TPSA) is 47.6 Å². The molecule has 5 heteroatoms. The second-order valence-electron chi connectivity index (χ2n) is 7.02. The minimum absolute atomic E-state index is 0.339. The summed E-state index contributed by atoms with van der Waals surface area (Å²) in [4.78, 5) is 0. The maximum Gasteiger partial charge on any atom is 0.350 e. The molecule has 0 bridgehead atoms. The van der Waals surface area contributed by atoms with E-state index < -0.39 is 12.9 Å². The van der Waals surface area contributed by atoms with Gasteiger partial charge in [-0.15, -0.1) is 6.58 Å². The predicted molar refractivity (Wildman–Crippen MR) is 121 cm³/mol. The van der Waals surface area contributed by atoms with Gasteiger partial charge < -0.3 is 9.05 Å². The molecule has 0 spiro atoms. The van der Waals surface area contributed by atoms with Gasteiger partial charge in [0.2, 0.25) is 0 Å². The molecule has 0 radical (unpaired) electrons. The number of hydrogen-bond acceptors (Lipinski definition) is 4. The van der Waals surface area contributed by atoms with Gasteiger partial charge in [0.05, 0.1) is 13.2 Å². The lowest BCUT2D eigenvalue weighted by Gasteiger charge is -2.40. The highest BCUT2D eigenvalue weighted by Gasteiger charge is 2.49. The van der Waals surface area contributed by atoms with Crippen LogP contribution < -0.4 is 5.32 Å². The van der Waals surface area contributed by atoms with Crippen molar-refractivity contribution in [2.75, 3.05) is 13.2 Å². The summed E-state index contributed by atoms with van der Waals surface area (Å²) in [6.07, 6.45) is 4.65. The molecule has 2 rings (SSSR count). The van der Waals surface area contributed by atoms with E-state index in [9.17, 15) is 4.57 Å². The summed E-state index contributed by atoms with van der Waals surface area (Å²) >= 11 is 0. The lowest BCUT2D eigenvalue weighted by Crippen LogP contribution is -2.46. The second-order valence-corrected chi connectivity index (χ2v) is 9.38. The van der Waals surface area contributed by atoms with Crippen molar-refractivity contribution in [3.05, 3.63) is 84.4 Å². The molecule has 1 N–H and O–H groups in total. The molecule has 0 aliphatic rings. The van der Waals surface area contributed by atoms with Gasteiger partial charge in [0, 0.05) is 6.54 Å². The zero-order chi connectivity index (χ0) is 21.0. The molecule has 0 fully saturated rings. The van der Waals surface area contributed by atoms with E-state index in [1.807, 2.05) is 56.3 Å². The van der Waals surface area contributed by atoms with Crippen molar-refractivity contribution < 1.29 is 13.6 Å². The molecule has 1 atom stereocenters. The van der Waals surface area contributed by atoms with Gasteiger partial charge in [-0.2, -0.15) is 0 Å². The molecule has 2 aromatic carbocycles. The maximum absolute atomic E-state index is 14.0. The fraction of sp³-hybridized carbons (Fsp3) is 0.417. The van der Waals surface area contributed by atoms with Crippen LogP contribution in [-0.2, 0) is 26.6 Å². The molecule has 0 aliphatic heterocycles. The second kappa shape index (κ2) is 12.1. The Bertz CT molecular complexity index is 711. The largest absolute Gasteiger partial charge is 0.350 e. The van der Waals surface area contributed by atoms with Crippen LogP contribution in [0.4, 0.5) is 0 Å². The lowest BCUT2D eigenvalue weighted by atomic mass is 10.00. The molecule has 0 amide bonds. The Morgan fingerprint density at radius 3 is 2.00 bits per heavy atom. The minimum atomic E-state index is -3.42. The highest BCUT2D eigenvalue weighted by atomic mass is 31.2. The fourth-order valence-corrected chi connectivity index (χ4v) is 5.81. The fourth-order valence-electron chi connectivity index (χ4n) is 3.50. The number of aryl methyl sites for hydroxylation is 1. The van der Waals surface area contributed by atoms with E-state index in [0.717, 1.165) is 18.4 Å². The molecule has 1 unspecified atom stereocenters. The van der Waals surface area contributed by atoms with Gasteiger partial charge in [-0.3, -0.25) is 9.88 Å². The van der Waals surface area contributed by atoms with Crippen LogP contribution in [0, 0.1) is 0 Å². The van der Waals surface area contributed by atoms with E-state index in [2.05, 4.69) is 36.2 Å². The zero-order valence-corrected chi connectivity index (χ0v) is 18.6. The summed E-state index contributed by atoms with van der Waals surface area (Å²) in [7, 11) is -3.42. The minimum Gasteiger partial charge on any atom is -0.308 e. The monoisotopic (exact) mass is 415 g/mol. The van der Waals surface area contributed by atoms with E-state index in [0.29, 0.717) is 32.6 Å². The number of allylic oxidation sites excluding steroid dienone is 1. The summed E-state index contributed by atoms with van der Waals surface area (Å²) in [5.41, 5.74) is 2.34. The number of benzene rings is 2. The van der Waals surface area contributed by atoms with Crippen molar-refractivity contribution in [2.45, 2.75) is 51.4 Å². The molecule has 0 heterocycles. The third kappa shape index (κ3) is 6.65. The van der Waals surface area contributed by atoms with Crippen molar-refractivity contribution in [3.8, 4) is 0 Å². The van der Waals surface area contributed by atoms with Crippen molar-refractivity contribution in [3.63, 3.8) is 0 Å². The van der Waals surface area contributed by atoms with Crippen molar-refractivity contribution >= 4 is 7.60 Å². The third-order valence-electron chi connectivity index (χ3n) is 5.02. The highest BCUT2D eigenvalue weighted by molar-refractivity contribution is 7.55. The van der Waals surface area contributed by atoms with Gasteiger partial charge in [0.15, 0.2) is 0 Å². The summed E-state index contributed by atoms with van der Waals surface area (Å²) in [5.74, 6) is 0. The molecule has 2 aromatic rings. The van der Waals surface area contributed by atoms with Crippen LogP contribution in [0.1, 0.15) is 44.2 Å². The maximum atomic E-state index is 14.0. The van der Waals surface area contributed by atoms with Crippen molar-refractivity contribution in [1.29, 1.82) is 0 Å². The quantitative estimate of drug-likeness (QED) is 0.289. The molecular weight excluding hydrogens is 381 g/mol. The Kier molecular flexibility index (Phi) is 9.83. The number of nitrogens with one attached hydrogen (secondary N) is 1. The Hall–Kier alpha value is -1.71. The molecule has 0 aromatic heterocycles. The third-order valence-corrected chi connectivity index (χ3v) is 7.87. The van der Waals surface area contributed by atoms with Gasteiger partial charge in [0.1, 0.15) is 5.28 Å². The van der Waals surface area contributed by atoms with Crippen LogP contribution in [0.25, 0.3) is 0 Å². The standard InChI is InChI=1S/C24H34NO3P/c1-4-7-19-24(29(26,27-5-2)28-6-3,20-18-22-14-10-8-11-15-22)25-21-23-16-12-9-13-17-23/h4,8-17,25H,1,5-7,18-21H2,2-3H3. The first-order valence-corrected chi connectivity index (χ1v) is 12.0. The van der Waals surface area contributed by atoms with Crippen LogP contribution in [-0.4, -0.2) is 18.5 Å². The van der Waals surface area contributed by atoms with Gasteiger partial charge in [-0.25, -0.2) is 0 Å². The van der Waals surface area contributed by atoms with E-state index in [4.69, 9.17) is 9.05 Å². The van der Waals surface area contributed by atoms with E-state index in [-0.39, 0.29) is 0 Å². The molecule has 0 aliphatic carbocycles. The van der Waals surface area contributed by atoms with Gasteiger partial charge in [0.25, 0.3) is 0 Å². The SMILES string of the molecule is C=CCCC(CCc1ccccc1)(NCc1ccccc1)P(=O)(OCC)OCC. The summed E-state index contributed by atoms with van der Waals surface area (Å²) in [6, 6.07) is 20.4. The van der Waals surface area contributed by atoms with E-state index >= 15 is 0 Å². The molecular formula is C24H34NO3P. The predicted octanol–water partition coefficient (Wildman–Crippen LogP) is 6.34. The molecule has 158 valence electrons. The van der Waals surface area contributed by atoms with Crippen LogP contribution in [0.5, 0.6) is 0 Å². The van der Waals surface area contributed by atoms with Crippen LogP contribution in [0.3, 0.4) is 0 Å². The Balaban J connectivity index is 2.37. The Morgan fingerprint density at radius 2 is 1.48 bits per heavy atom. The lowest BCUT2D eigenvalue weighted by molar-refractivity contribution is 0.176. The smallest absolute Gasteiger partial charge is 0.308 e. The van der Waals surface area contributed by atoms with E-state index in [1.54, 1.807) is 0 Å². The molecule has 29 heavy (non-hydrogen) atoms. The zero-order valence-electron chi connectivity index (χ0n) is 17.7. The van der Waals surface area contributed by atoms with Crippen molar-refractivity contribution in [2.24, 2.45) is 0 Å². The van der Waals surface area contributed by atoms with Gasteiger partial charge >= 0.3 is 7.60 Å². The summed E-state index contributed by atoms with van der Waals surface area (Å²) in [5, 5.41) is 2.81. The Labute approximate surface area is 175 Å². The van der Waals surface area contributed by atoms with Crippen LogP contribution in [0.15, 0.2) is 73.3 Å². The highest BCUT2D eigenvalue weighted by Crippen LogP contribution is 2.62. The summed E-state index contributed by atoms with van der Waals surface area (Å²) < 4.78 is 25.7. The number of hydrogen-bond donors (Lipinski definition) is 1. The molecule has 0 saturated heterocycles. The van der Waals surface area contributed by atoms with Gasteiger partial charge in [-0.1, -0.05) is 66.7 Å². The number of rotatable bonds is 14. The van der Waals surface area contributed by atoms with Crippen LogP contribution in [0.2, 0.25) is 0 Å².